The molecule has 2 nitrogen and oxygen atoms in total. The lowest BCUT2D eigenvalue weighted by molar-refractivity contribution is 0.628. The van der Waals surface area contributed by atoms with Crippen LogP contribution in [0.2, 0.25) is 5.02 Å². The Labute approximate surface area is 92.7 Å². The molecule has 1 aromatic carbocycles. The van der Waals surface area contributed by atoms with E-state index >= 15 is 0 Å². The Morgan fingerprint density at radius 3 is 2.80 bits per heavy atom. The van der Waals surface area contributed by atoms with E-state index in [2.05, 4.69) is 11.4 Å². The van der Waals surface area contributed by atoms with E-state index in [4.69, 9.17) is 16.9 Å². The number of hydrogen-bond donors (Lipinski definition) is 1. The molecule has 0 atom stereocenters. The molecule has 0 unspecified atom stereocenters. The van der Waals surface area contributed by atoms with Gasteiger partial charge in [-0.15, -0.1) is 0 Å². The van der Waals surface area contributed by atoms with Gasteiger partial charge in [-0.1, -0.05) is 11.6 Å². The van der Waals surface area contributed by atoms with Gasteiger partial charge in [-0.25, -0.2) is 4.39 Å². The molecule has 0 aliphatic heterocycles. The summed E-state index contributed by atoms with van der Waals surface area (Å²) in [5, 5.41) is 12.0. The van der Waals surface area contributed by atoms with Crippen LogP contribution in [0.4, 0.5) is 10.1 Å². The van der Waals surface area contributed by atoms with Crippen molar-refractivity contribution in [2.24, 2.45) is 5.41 Å². The molecule has 0 saturated heterocycles. The fourth-order valence-corrected chi connectivity index (χ4v) is 1.54. The number of anilines is 1. The molecule has 0 aromatic heterocycles. The molecule has 0 amide bonds. The van der Waals surface area contributed by atoms with Gasteiger partial charge >= 0.3 is 0 Å². The second-order valence-electron chi connectivity index (χ2n) is 3.87. The molecule has 1 aliphatic carbocycles. The molecule has 1 aliphatic rings. The van der Waals surface area contributed by atoms with E-state index in [0.29, 0.717) is 6.54 Å². The van der Waals surface area contributed by atoms with Gasteiger partial charge < -0.3 is 5.32 Å². The van der Waals surface area contributed by atoms with Gasteiger partial charge in [0.2, 0.25) is 0 Å². The van der Waals surface area contributed by atoms with Crippen molar-refractivity contribution in [3.63, 3.8) is 0 Å². The maximum atomic E-state index is 12.8. The van der Waals surface area contributed by atoms with Crippen molar-refractivity contribution in [1.29, 1.82) is 5.26 Å². The van der Waals surface area contributed by atoms with E-state index in [0.717, 1.165) is 18.5 Å². The molecule has 1 fully saturated rings. The molecular weight excluding hydrogens is 215 g/mol. The molecule has 78 valence electrons. The maximum Gasteiger partial charge on any atom is 0.141 e. The minimum Gasteiger partial charge on any atom is -0.383 e. The van der Waals surface area contributed by atoms with Crippen molar-refractivity contribution < 1.29 is 4.39 Å². The summed E-state index contributed by atoms with van der Waals surface area (Å²) in [6, 6.07) is 6.75. The van der Waals surface area contributed by atoms with Crippen molar-refractivity contribution in [2.45, 2.75) is 12.8 Å². The van der Waals surface area contributed by atoms with Crippen molar-refractivity contribution in [1.82, 2.24) is 0 Å². The summed E-state index contributed by atoms with van der Waals surface area (Å²) in [5.41, 5.74) is 0.545. The average Bonchev–Trinajstić information content (AvgIpc) is 3.01. The van der Waals surface area contributed by atoms with Crippen molar-refractivity contribution in [3.05, 3.63) is 29.0 Å². The zero-order chi connectivity index (χ0) is 10.9. The molecule has 1 aromatic rings. The third-order valence-electron chi connectivity index (χ3n) is 2.64. The first kappa shape index (κ1) is 10.3. The van der Waals surface area contributed by atoms with E-state index in [1.807, 2.05) is 0 Å². The van der Waals surface area contributed by atoms with Gasteiger partial charge in [0.05, 0.1) is 16.5 Å². The number of nitrogens with one attached hydrogen (secondary N) is 1. The largest absolute Gasteiger partial charge is 0.383 e. The molecule has 2 rings (SSSR count). The van der Waals surface area contributed by atoms with Crippen LogP contribution in [0.3, 0.4) is 0 Å². The predicted molar refractivity (Wildman–Crippen MR) is 57.2 cm³/mol. The Hall–Kier alpha value is -1.27. The zero-order valence-corrected chi connectivity index (χ0v) is 8.81. The van der Waals surface area contributed by atoms with Crippen molar-refractivity contribution in [3.8, 4) is 6.07 Å². The van der Waals surface area contributed by atoms with Gasteiger partial charge in [0.1, 0.15) is 5.82 Å². The first-order valence-corrected chi connectivity index (χ1v) is 5.13. The summed E-state index contributed by atoms with van der Waals surface area (Å²) in [5.74, 6) is -0.427. The first-order valence-electron chi connectivity index (χ1n) is 4.75. The summed E-state index contributed by atoms with van der Waals surface area (Å²) in [6.45, 7) is 0.603. The number of halogens is 2. The van der Waals surface area contributed by atoms with Crippen LogP contribution in [0, 0.1) is 22.6 Å². The van der Waals surface area contributed by atoms with E-state index in [1.165, 1.54) is 12.1 Å². The van der Waals surface area contributed by atoms with Crippen LogP contribution in [-0.4, -0.2) is 6.54 Å². The monoisotopic (exact) mass is 224 g/mol. The van der Waals surface area contributed by atoms with Gasteiger partial charge in [0.25, 0.3) is 0 Å². The van der Waals surface area contributed by atoms with E-state index in [1.54, 1.807) is 6.07 Å². The molecule has 4 heteroatoms. The van der Waals surface area contributed by atoms with E-state index in [9.17, 15) is 4.39 Å². The van der Waals surface area contributed by atoms with Gasteiger partial charge in [0, 0.05) is 12.2 Å². The highest BCUT2D eigenvalue weighted by Gasteiger charge is 2.42. The number of nitrogens with zero attached hydrogens (tertiary/aromatic N) is 1. The molecule has 0 heterocycles. The summed E-state index contributed by atoms with van der Waals surface area (Å²) in [6.07, 6.45) is 1.87. The SMILES string of the molecule is N#CC1(CNc2ccc(F)c(Cl)c2)CC1. The number of nitriles is 1. The standard InChI is InChI=1S/C11H10ClFN2/c12-9-5-8(1-2-10(9)13)15-7-11(6-14)3-4-11/h1-2,5,15H,3-4,7H2. The van der Waals surface area contributed by atoms with E-state index < -0.39 is 5.82 Å². The third-order valence-corrected chi connectivity index (χ3v) is 2.93. The lowest BCUT2D eigenvalue weighted by Gasteiger charge is -2.09. The second-order valence-corrected chi connectivity index (χ2v) is 4.28. The Balaban J connectivity index is 2.00. The topological polar surface area (TPSA) is 35.8 Å². The normalized spacial score (nSPS) is 16.9. The molecular formula is C11H10ClFN2. The average molecular weight is 225 g/mol. The minimum absolute atomic E-state index is 0.0989. The van der Waals surface area contributed by atoms with Crippen LogP contribution in [0.1, 0.15) is 12.8 Å². The first-order chi connectivity index (χ1) is 7.15. The predicted octanol–water partition coefficient (Wildman–Crippen LogP) is 3.19. The highest BCUT2D eigenvalue weighted by atomic mass is 35.5. The van der Waals surface area contributed by atoms with Gasteiger partial charge in [-0.3, -0.25) is 0 Å². The van der Waals surface area contributed by atoms with Crippen LogP contribution < -0.4 is 5.32 Å². The quantitative estimate of drug-likeness (QED) is 0.856. The van der Waals surface area contributed by atoms with Crippen LogP contribution in [-0.2, 0) is 0 Å². The second kappa shape index (κ2) is 3.71. The van der Waals surface area contributed by atoms with Crippen LogP contribution in [0.25, 0.3) is 0 Å². The van der Waals surface area contributed by atoms with Crippen LogP contribution in [0.15, 0.2) is 18.2 Å². The fraction of sp³-hybridized carbons (Fsp3) is 0.364. The third kappa shape index (κ3) is 2.21. The van der Waals surface area contributed by atoms with Crippen molar-refractivity contribution >= 4 is 17.3 Å². The summed E-state index contributed by atoms with van der Waals surface area (Å²) in [4.78, 5) is 0. The van der Waals surface area contributed by atoms with Gasteiger partial charge in [-0.2, -0.15) is 5.26 Å². The smallest absolute Gasteiger partial charge is 0.141 e. The molecule has 0 spiro atoms. The highest BCUT2D eigenvalue weighted by molar-refractivity contribution is 6.31. The Bertz CT molecular complexity index is 421. The summed E-state index contributed by atoms with van der Waals surface area (Å²) in [7, 11) is 0. The number of rotatable bonds is 3. The summed E-state index contributed by atoms with van der Waals surface area (Å²) < 4.78 is 12.8. The van der Waals surface area contributed by atoms with Crippen LogP contribution in [0.5, 0.6) is 0 Å². The highest BCUT2D eigenvalue weighted by Crippen LogP contribution is 2.44. The fourth-order valence-electron chi connectivity index (χ4n) is 1.36. The lowest BCUT2D eigenvalue weighted by Crippen LogP contribution is -2.13. The Morgan fingerprint density at radius 1 is 1.53 bits per heavy atom. The molecule has 0 bridgehead atoms. The van der Waals surface area contributed by atoms with Gasteiger partial charge in [0.15, 0.2) is 0 Å². The summed E-state index contributed by atoms with van der Waals surface area (Å²) >= 11 is 5.63. The number of benzene rings is 1. The van der Waals surface area contributed by atoms with Gasteiger partial charge in [-0.05, 0) is 31.0 Å². The molecule has 15 heavy (non-hydrogen) atoms. The van der Waals surface area contributed by atoms with Crippen molar-refractivity contribution in [2.75, 3.05) is 11.9 Å². The Morgan fingerprint density at radius 2 is 2.27 bits per heavy atom. The molecule has 1 N–H and O–H groups in total. The zero-order valence-electron chi connectivity index (χ0n) is 8.06. The Kier molecular flexibility index (Phi) is 2.54. The molecule has 1 saturated carbocycles. The molecule has 0 radical (unpaired) electrons. The van der Waals surface area contributed by atoms with E-state index in [-0.39, 0.29) is 10.4 Å². The van der Waals surface area contributed by atoms with Crippen LogP contribution >= 0.6 is 11.6 Å². The lowest BCUT2D eigenvalue weighted by atomic mass is 10.1. The minimum atomic E-state index is -0.427. The maximum absolute atomic E-state index is 12.8. The number of hydrogen-bond acceptors (Lipinski definition) is 2.